The van der Waals surface area contributed by atoms with Gasteiger partial charge in [-0.3, -0.25) is 0 Å². The van der Waals surface area contributed by atoms with E-state index in [0.29, 0.717) is 24.7 Å². The van der Waals surface area contributed by atoms with Gasteiger partial charge in [-0.15, -0.1) is 0 Å². The third kappa shape index (κ3) is 3.67. The molecule has 0 spiro atoms. The molecule has 4 nitrogen and oxygen atoms in total. The predicted molar refractivity (Wildman–Crippen MR) is 83.7 cm³/mol. The third-order valence-electron chi connectivity index (χ3n) is 3.33. The Morgan fingerprint density at radius 2 is 1.95 bits per heavy atom. The Kier molecular flexibility index (Phi) is 5.06. The number of hydrogen-bond acceptors (Lipinski definition) is 4. The molecule has 0 aliphatic carbocycles. The molecular formula is C17H21NO3. The van der Waals surface area contributed by atoms with Crippen LogP contribution in [0.25, 0.3) is 0 Å². The average molecular weight is 287 g/mol. The number of aliphatic hydroxyl groups excluding tert-OH is 1. The van der Waals surface area contributed by atoms with Crippen LogP contribution in [-0.4, -0.2) is 16.8 Å². The highest BCUT2D eigenvalue weighted by molar-refractivity contribution is 5.52. The number of ether oxygens (including phenoxy) is 1. The fourth-order valence-electron chi connectivity index (χ4n) is 2.17. The quantitative estimate of drug-likeness (QED) is 0.763. The first-order chi connectivity index (χ1) is 10.2. The molecule has 21 heavy (non-hydrogen) atoms. The molecule has 0 heterocycles. The van der Waals surface area contributed by atoms with E-state index in [4.69, 9.17) is 4.74 Å². The van der Waals surface area contributed by atoms with Crippen LogP contribution in [0.5, 0.6) is 11.5 Å². The zero-order chi connectivity index (χ0) is 15.2. The van der Waals surface area contributed by atoms with Gasteiger partial charge in [-0.25, -0.2) is 0 Å². The molecule has 2 aromatic rings. The number of aliphatic hydroxyl groups is 1. The van der Waals surface area contributed by atoms with Gasteiger partial charge in [0.25, 0.3) is 0 Å². The van der Waals surface area contributed by atoms with Crippen molar-refractivity contribution in [3.05, 3.63) is 53.1 Å². The number of anilines is 1. The van der Waals surface area contributed by atoms with Crippen LogP contribution < -0.4 is 10.1 Å². The summed E-state index contributed by atoms with van der Waals surface area (Å²) in [6.45, 7) is 4.80. The number of aryl methyl sites for hydroxylation is 1. The minimum atomic E-state index is -0.0689. The molecule has 3 N–H and O–H groups in total. The fourth-order valence-corrected chi connectivity index (χ4v) is 2.17. The molecule has 0 saturated heterocycles. The summed E-state index contributed by atoms with van der Waals surface area (Å²) in [5.74, 6) is 1.02. The first-order valence-electron chi connectivity index (χ1n) is 7.03. The second-order valence-corrected chi connectivity index (χ2v) is 4.85. The van der Waals surface area contributed by atoms with Crippen molar-refractivity contribution in [1.82, 2.24) is 0 Å². The largest absolute Gasteiger partial charge is 0.507 e. The smallest absolute Gasteiger partial charge is 0.124 e. The van der Waals surface area contributed by atoms with E-state index in [-0.39, 0.29) is 6.61 Å². The Morgan fingerprint density at radius 3 is 2.67 bits per heavy atom. The highest BCUT2D eigenvalue weighted by atomic mass is 16.5. The van der Waals surface area contributed by atoms with Gasteiger partial charge in [0, 0.05) is 23.4 Å². The summed E-state index contributed by atoms with van der Waals surface area (Å²) in [7, 11) is 0. The highest BCUT2D eigenvalue weighted by Gasteiger charge is 2.06. The lowest BCUT2D eigenvalue weighted by molar-refractivity contribution is 0.267. The molecule has 0 saturated carbocycles. The third-order valence-corrected chi connectivity index (χ3v) is 3.33. The molecule has 2 rings (SSSR count). The van der Waals surface area contributed by atoms with Crippen molar-refractivity contribution in [3.8, 4) is 11.5 Å². The zero-order valence-electron chi connectivity index (χ0n) is 12.4. The van der Waals surface area contributed by atoms with Gasteiger partial charge in [-0.2, -0.15) is 0 Å². The molecule has 0 aliphatic rings. The van der Waals surface area contributed by atoms with Gasteiger partial charge in [0.05, 0.1) is 13.2 Å². The van der Waals surface area contributed by atoms with E-state index in [1.807, 2.05) is 50.2 Å². The summed E-state index contributed by atoms with van der Waals surface area (Å²) >= 11 is 0. The first kappa shape index (κ1) is 15.2. The zero-order valence-corrected chi connectivity index (χ0v) is 12.4. The van der Waals surface area contributed by atoms with Crippen LogP contribution in [0.4, 0.5) is 5.69 Å². The topological polar surface area (TPSA) is 61.7 Å². The number of phenolic OH excluding ortho intramolecular Hbond substituents is 1. The van der Waals surface area contributed by atoms with Crippen molar-refractivity contribution >= 4 is 5.69 Å². The van der Waals surface area contributed by atoms with Gasteiger partial charge in [0.15, 0.2) is 0 Å². The number of hydrogen-bond donors (Lipinski definition) is 3. The Balaban J connectivity index is 2.11. The lowest BCUT2D eigenvalue weighted by Gasteiger charge is -2.13. The van der Waals surface area contributed by atoms with Gasteiger partial charge in [0.1, 0.15) is 11.5 Å². The van der Waals surface area contributed by atoms with E-state index in [0.717, 1.165) is 22.4 Å². The Bertz CT molecular complexity index is 611. The van der Waals surface area contributed by atoms with Crippen molar-refractivity contribution in [2.45, 2.75) is 27.0 Å². The first-order valence-corrected chi connectivity index (χ1v) is 7.03. The molecule has 0 fully saturated rings. The number of aromatic hydroxyl groups is 1. The second kappa shape index (κ2) is 6.99. The number of phenols is 1. The predicted octanol–water partition coefficient (Wildman–Crippen LogP) is 3.20. The molecule has 0 amide bonds. The van der Waals surface area contributed by atoms with Crippen molar-refractivity contribution in [3.63, 3.8) is 0 Å². The van der Waals surface area contributed by atoms with Crippen molar-refractivity contribution in [2.75, 3.05) is 11.9 Å². The van der Waals surface area contributed by atoms with E-state index >= 15 is 0 Å². The summed E-state index contributed by atoms with van der Waals surface area (Å²) in [6, 6.07) is 11.3. The molecule has 0 bridgehead atoms. The molecule has 2 aromatic carbocycles. The van der Waals surface area contributed by atoms with E-state index < -0.39 is 0 Å². The number of rotatable bonds is 6. The van der Waals surface area contributed by atoms with Crippen molar-refractivity contribution in [2.24, 2.45) is 0 Å². The summed E-state index contributed by atoms with van der Waals surface area (Å²) in [5.41, 5.74) is 3.32. The molecule has 112 valence electrons. The molecule has 0 radical (unpaired) electrons. The highest BCUT2D eigenvalue weighted by Crippen LogP contribution is 2.25. The van der Waals surface area contributed by atoms with Gasteiger partial charge >= 0.3 is 0 Å². The molecular weight excluding hydrogens is 266 g/mol. The summed E-state index contributed by atoms with van der Waals surface area (Å²) in [5, 5.41) is 22.6. The van der Waals surface area contributed by atoms with E-state index in [1.54, 1.807) is 0 Å². The van der Waals surface area contributed by atoms with E-state index in [1.165, 1.54) is 0 Å². The van der Waals surface area contributed by atoms with Crippen LogP contribution in [0.15, 0.2) is 36.4 Å². The molecule has 0 unspecified atom stereocenters. The summed E-state index contributed by atoms with van der Waals surface area (Å²) in [4.78, 5) is 0. The van der Waals surface area contributed by atoms with Crippen molar-refractivity contribution in [1.29, 1.82) is 0 Å². The average Bonchev–Trinajstić information content (AvgIpc) is 2.50. The monoisotopic (exact) mass is 287 g/mol. The summed E-state index contributed by atoms with van der Waals surface area (Å²) < 4.78 is 5.45. The van der Waals surface area contributed by atoms with Gasteiger partial charge in [-0.05, 0) is 37.6 Å². The van der Waals surface area contributed by atoms with E-state index in [2.05, 4.69) is 5.32 Å². The molecule has 4 heteroatoms. The number of benzene rings is 2. The fraction of sp³-hybridized carbons (Fsp3) is 0.294. The van der Waals surface area contributed by atoms with Crippen molar-refractivity contribution < 1.29 is 14.9 Å². The van der Waals surface area contributed by atoms with Gasteiger partial charge in [0.2, 0.25) is 0 Å². The Labute approximate surface area is 125 Å². The maximum atomic E-state index is 9.99. The molecule has 0 aliphatic heterocycles. The Morgan fingerprint density at radius 1 is 1.14 bits per heavy atom. The van der Waals surface area contributed by atoms with Crippen LogP contribution in [0, 0.1) is 6.92 Å². The lowest BCUT2D eigenvalue weighted by atomic mass is 10.1. The minimum absolute atomic E-state index is 0.0689. The van der Waals surface area contributed by atoms with Crippen LogP contribution in [-0.2, 0) is 13.2 Å². The van der Waals surface area contributed by atoms with Crippen LogP contribution in [0.3, 0.4) is 0 Å². The number of nitrogens with one attached hydrogen (secondary N) is 1. The maximum Gasteiger partial charge on any atom is 0.124 e. The maximum absolute atomic E-state index is 9.99. The molecule has 0 atom stereocenters. The normalized spacial score (nSPS) is 10.4. The SMILES string of the molecule is CCOc1ccc(NCc2cccc(C)c2O)cc1CO. The standard InChI is InChI=1S/C17H21NO3/c1-3-21-16-8-7-15(9-14(16)11-19)18-10-13-6-4-5-12(2)17(13)20/h4-9,18-20H,3,10-11H2,1-2H3. The summed E-state index contributed by atoms with van der Waals surface area (Å²) in [6.07, 6.45) is 0. The second-order valence-electron chi connectivity index (χ2n) is 4.85. The van der Waals surface area contributed by atoms with Crippen LogP contribution >= 0.6 is 0 Å². The molecule has 0 aromatic heterocycles. The van der Waals surface area contributed by atoms with Gasteiger partial charge in [-0.1, -0.05) is 18.2 Å². The van der Waals surface area contributed by atoms with Crippen LogP contribution in [0.2, 0.25) is 0 Å². The Hall–Kier alpha value is -2.20. The van der Waals surface area contributed by atoms with E-state index in [9.17, 15) is 10.2 Å². The van der Waals surface area contributed by atoms with Gasteiger partial charge < -0.3 is 20.3 Å². The number of para-hydroxylation sites is 1. The minimum Gasteiger partial charge on any atom is -0.507 e. The lowest BCUT2D eigenvalue weighted by Crippen LogP contribution is -2.02. The van der Waals surface area contributed by atoms with Crippen LogP contribution in [0.1, 0.15) is 23.6 Å².